The van der Waals surface area contributed by atoms with Gasteiger partial charge in [0.2, 0.25) is 11.9 Å². The number of benzene rings is 2. The van der Waals surface area contributed by atoms with Gasteiger partial charge in [-0.3, -0.25) is 4.79 Å². The van der Waals surface area contributed by atoms with Gasteiger partial charge in [-0.2, -0.15) is 0 Å². The van der Waals surface area contributed by atoms with E-state index >= 15 is 0 Å². The Bertz CT molecular complexity index is 1140. The molecule has 0 saturated heterocycles. The first-order valence-corrected chi connectivity index (χ1v) is 10.7. The van der Waals surface area contributed by atoms with Crippen LogP contribution in [0, 0.1) is 0 Å². The lowest BCUT2D eigenvalue weighted by atomic mass is 10.2. The fourth-order valence-electron chi connectivity index (χ4n) is 3.14. The number of carbonyl (C=O) groups is 1. The van der Waals surface area contributed by atoms with Crippen LogP contribution in [0.5, 0.6) is 17.2 Å². The Hall–Kier alpha value is -2.62. The molecule has 11 heteroatoms. The van der Waals surface area contributed by atoms with E-state index in [-0.39, 0.29) is 19.3 Å². The van der Waals surface area contributed by atoms with E-state index in [2.05, 4.69) is 10.2 Å². The third kappa shape index (κ3) is 3.53. The molecule has 5 rings (SSSR count). The first-order chi connectivity index (χ1) is 14.6. The molecule has 2 aliphatic rings. The minimum atomic E-state index is -0.198. The summed E-state index contributed by atoms with van der Waals surface area (Å²) in [6, 6.07) is 10.1. The number of amides is 1. The second-order valence-corrected chi connectivity index (χ2v) is 8.32. The fraction of sp³-hybridized carbons (Fsp3) is 0.211. The standard InChI is InChI=1S/C19H14Cl2N4O4S/c20-12-2-3-13(21)15(8-12)27-9-17-22-23-19-25(17)24(5-6-30-19)18(26)11-1-4-14-16(7-11)29-10-28-14/h1-4,7-8H,5-6,9-10H2. The topological polar surface area (TPSA) is 78.7 Å². The van der Waals surface area contributed by atoms with E-state index in [0.717, 1.165) is 0 Å². The van der Waals surface area contributed by atoms with Gasteiger partial charge in [-0.05, 0) is 30.3 Å². The molecule has 0 radical (unpaired) electrons. The summed E-state index contributed by atoms with van der Waals surface area (Å²) < 4.78 is 18.2. The molecule has 30 heavy (non-hydrogen) atoms. The van der Waals surface area contributed by atoms with Crippen molar-refractivity contribution in [3.8, 4) is 17.2 Å². The number of hydrogen-bond donors (Lipinski definition) is 0. The normalized spacial score (nSPS) is 14.5. The molecule has 0 aliphatic carbocycles. The van der Waals surface area contributed by atoms with Gasteiger partial charge in [-0.15, -0.1) is 10.2 Å². The van der Waals surface area contributed by atoms with Crippen LogP contribution in [-0.4, -0.2) is 39.9 Å². The van der Waals surface area contributed by atoms with Gasteiger partial charge in [-0.1, -0.05) is 35.0 Å². The van der Waals surface area contributed by atoms with Gasteiger partial charge in [0.1, 0.15) is 12.4 Å². The highest BCUT2D eigenvalue weighted by Gasteiger charge is 2.29. The van der Waals surface area contributed by atoms with Gasteiger partial charge in [-0.25, -0.2) is 9.69 Å². The highest BCUT2D eigenvalue weighted by atomic mass is 35.5. The Morgan fingerprint density at radius 3 is 2.90 bits per heavy atom. The zero-order valence-electron chi connectivity index (χ0n) is 15.4. The maximum Gasteiger partial charge on any atom is 0.272 e. The molecule has 0 atom stereocenters. The number of thioether (sulfide) groups is 1. The molecule has 0 bridgehead atoms. The molecule has 0 N–H and O–H groups in total. The van der Waals surface area contributed by atoms with Crippen LogP contribution >= 0.6 is 35.0 Å². The molecule has 2 aliphatic heterocycles. The van der Waals surface area contributed by atoms with Crippen molar-refractivity contribution in [2.75, 3.05) is 24.1 Å². The van der Waals surface area contributed by atoms with Gasteiger partial charge in [0, 0.05) is 22.4 Å². The Morgan fingerprint density at radius 1 is 1.13 bits per heavy atom. The van der Waals surface area contributed by atoms with Crippen LogP contribution in [0.15, 0.2) is 41.6 Å². The second kappa shape index (κ2) is 7.90. The van der Waals surface area contributed by atoms with E-state index in [9.17, 15) is 4.79 Å². The number of rotatable bonds is 4. The first kappa shape index (κ1) is 19.3. The first-order valence-electron chi connectivity index (χ1n) is 8.97. The summed E-state index contributed by atoms with van der Waals surface area (Å²) in [5.41, 5.74) is 0.482. The summed E-state index contributed by atoms with van der Waals surface area (Å²) in [5, 5.41) is 11.5. The Balaban J connectivity index is 1.42. The summed E-state index contributed by atoms with van der Waals surface area (Å²) in [5.74, 6) is 2.58. The molecule has 0 unspecified atom stereocenters. The summed E-state index contributed by atoms with van der Waals surface area (Å²) in [4.78, 5) is 13.3. The van der Waals surface area contributed by atoms with Crippen molar-refractivity contribution in [1.82, 2.24) is 14.9 Å². The Labute approximate surface area is 185 Å². The zero-order valence-corrected chi connectivity index (χ0v) is 17.7. The van der Waals surface area contributed by atoms with Crippen LogP contribution in [0.2, 0.25) is 10.0 Å². The summed E-state index contributed by atoms with van der Waals surface area (Å²) in [6.45, 7) is 0.711. The van der Waals surface area contributed by atoms with Crippen LogP contribution in [0.3, 0.4) is 0 Å². The van der Waals surface area contributed by atoms with Gasteiger partial charge in [0.05, 0.1) is 11.6 Å². The molecule has 154 valence electrons. The second-order valence-electron chi connectivity index (χ2n) is 6.42. The van der Waals surface area contributed by atoms with Crippen molar-refractivity contribution < 1.29 is 19.0 Å². The van der Waals surface area contributed by atoms with Crippen LogP contribution in [0.1, 0.15) is 16.2 Å². The van der Waals surface area contributed by atoms with Crippen molar-refractivity contribution in [3.05, 3.63) is 57.8 Å². The van der Waals surface area contributed by atoms with Crippen molar-refractivity contribution >= 4 is 40.9 Å². The number of carbonyl (C=O) groups excluding carboxylic acids is 1. The fourth-order valence-corrected chi connectivity index (χ4v) is 4.35. The van der Waals surface area contributed by atoms with E-state index in [1.54, 1.807) is 46.1 Å². The molecule has 3 aromatic rings. The number of ether oxygens (including phenoxy) is 3. The highest BCUT2D eigenvalue weighted by molar-refractivity contribution is 7.99. The van der Waals surface area contributed by atoms with E-state index in [1.165, 1.54) is 11.8 Å². The average molecular weight is 465 g/mol. The van der Waals surface area contributed by atoms with Gasteiger partial charge in [0.15, 0.2) is 17.3 Å². The molecule has 1 amide bonds. The predicted molar refractivity (Wildman–Crippen MR) is 112 cm³/mol. The quantitative estimate of drug-likeness (QED) is 0.581. The number of nitrogens with zero attached hydrogens (tertiary/aromatic N) is 4. The molecular weight excluding hydrogens is 451 g/mol. The van der Waals surface area contributed by atoms with E-state index in [4.69, 9.17) is 37.4 Å². The lowest BCUT2D eigenvalue weighted by molar-refractivity contribution is 0.0952. The van der Waals surface area contributed by atoms with Crippen molar-refractivity contribution in [2.24, 2.45) is 0 Å². The predicted octanol–water partition coefficient (Wildman–Crippen LogP) is 3.78. The van der Waals surface area contributed by atoms with Gasteiger partial charge < -0.3 is 14.2 Å². The SMILES string of the molecule is O=C(c1ccc2c(c1)OCO2)N1CCSc2nnc(COc3cc(Cl)ccc3Cl)n21. The number of halogens is 2. The number of aromatic nitrogens is 3. The van der Waals surface area contributed by atoms with Gasteiger partial charge in [0.25, 0.3) is 5.91 Å². The van der Waals surface area contributed by atoms with Crippen LogP contribution in [-0.2, 0) is 6.61 Å². The molecule has 0 fully saturated rings. The van der Waals surface area contributed by atoms with Crippen molar-refractivity contribution in [2.45, 2.75) is 11.8 Å². The average Bonchev–Trinajstić information content (AvgIpc) is 3.40. The highest BCUT2D eigenvalue weighted by Crippen LogP contribution is 2.33. The number of hydrogen-bond acceptors (Lipinski definition) is 7. The molecule has 3 heterocycles. The lowest BCUT2D eigenvalue weighted by Crippen LogP contribution is -2.45. The molecule has 2 aromatic carbocycles. The molecule has 1 aromatic heterocycles. The van der Waals surface area contributed by atoms with Gasteiger partial charge >= 0.3 is 0 Å². The van der Waals surface area contributed by atoms with E-state index in [1.807, 2.05) is 0 Å². The monoisotopic (exact) mass is 464 g/mol. The zero-order chi connectivity index (χ0) is 20.7. The van der Waals surface area contributed by atoms with E-state index in [0.29, 0.717) is 56.1 Å². The largest absolute Gasteiger partial charge is 0.484 e. The third-order valence-corrected chi connectivity index (χ3v) is 6.00. The Kier molecular flexibility index (Phi) is 5.10. The molecule has 8 nitrogen and oxygen atoms in total. The van der Waals surface area contributed by atoms with E-state index < -0.39 is 0 Å². The summed E-state index contributed by atoms with van der Waals surface area (Å²) in [7, 11) is 0. The lowest BCUT2D eigenvalue weighted by Gasteiger charge is -2.29. The summed E-state index contributed by atoms with van der Waals surface area (Å²) in [6.07, 6.45) is 0. The maximum atomic E-state index is 13.3. The maximum absolute atomic E-state index is 13.3. The van der Waals surface area contributed by atoms with Crippen LogP contribution in [0.25, 0.3) is 0 Å². The molecule has 0 saturated carbocycles. The minimum Gasteiger partial charge on any atom is -0.484 e. The Morgan fingerprint density at radius 2 is 2.00 bits per heavy atom. The van der Waals surface area contributed by atoms with Crippen molar-refractivity contribution in [1.29, 1.82) is 0 Å². The third-order valence-electron chi connectivity index (χ3n) is 4.56. The van der Waals surface area contributed by atoms with Crippen LogP contribution in [0.4, 0.5) is 0 Å². The smallest absolute Gasteiger partial charge is 0.272 e. The van der Waals surface area contributed by atoms with Crippen molar-refractivity contribution in [3.63, 3.8) is 0 Å². The van der Waals surface area contributed by atoms with Crippen LogP contribution < -0.4 is 19.2 Å². The number of fused-ring (bicyclic) bond motifs is 2. The molecular formula is C19H14Cl2N4O4S. The molecule has 0 spiro atoms. The summed E-state index contributed by atoms with van der Waals surface area (Å²) >= 11 is 13.7. The minimum absolute atomic E-state index is 0.0680.